The van der Waals surface area contributed by atoms with Gasteiger partial charge in [-0.25, -0.2) is 0 Å². The molecule has 0 saturated heterocycles. The van der Waals surface area contributed by atoms with Gasteiger partial charge in [0.05, 0.1) is 5.71 Å². The first-order valence-corrected chi connectivity index (χ1v) is 5.90. The molecule has 2 aliphatic carbocycles. The molecule has 0 radical (unpaired) electrons. The van der Waals surface area contributed by atoms with E-state index in [2.05, 4.69) is 38.9 Å². The van der Waals surface area contributed by atoms with Crippen molar-refractivity contribution in [1.29, 1.82) is 0 Å². The van der Waals surface area contributed by atoms with Crippen molar-refractivity contribution in [3.05, 3.63) is 11.6 Å². The lowest BCUT2D eigenvalue weighted by Gasteiger charge is -2.34. The van der Waals surface area contributed by atoms with Gasteiger partial charge in [-0.15, -0.1) is 0 Å². The number of rotatable bonds is 2. The largest absolute Gasteiger partial charge is 0.411 e. The summed E-state index contributed by atoms with van der Waals surface area (Å²) in [4.78, 5) is 0. The average molecular weight is 207 g/mol. The molecule has 0 amide bonds. The lowest BCUT2D eigenvalue weighted by atomic mass is 9.70. The minimum Gasteiger partial charge on any atom is -0.411 e. The third-order valence-corrected chi connectivity index (χ3v) is 4.93. The van der Waals surface area contributed by atoms with E-state index in [1.807, 2.05) is 0 Å². The minimum absolute atomic E-state index is 0.304. The van der Waals surface area contributed by atoms with Crippen molar-refractivity contribution in [1.82, 2.24) is 0 Å². The van der Waals surface area contributed by atoms with Crippen LogP contribution in [-0.4, -0.2) is 10.9 Å². The number of hydrogen-bond donors (Lipinski definition) is 1. The third kappa shape index (κ3) is 1.20. The van der Waals surface area contributed by atoms with E-state index < -0.39 is 0 Å². The van der Waals surface area contributed by atoms with Crippen molar-refractivity contribution in [2.75, 3.05) is 0 Å². The van der Waals surface area contributed by atoms with Crippen LogP contribution in [0.4, 0.5) is 0 Å². The Hall–Kier alpha value is -0.790. The smallest absolute Gasteiger partial charge is 0.0824 e. The Morgan fingerprint density at radius 1 is 1.53 bits per heavy atom. The van der Waals surface area contributed by atoms with Crippen LogP contribution in [0.25, 0.3) is 0 Å². The minimum atomic E-state index is 0.304. The highest BCUT2D eigenvalue weighted by atomic mass is 16.4. The molecular formula is C13H21NO. The van der Waals surface area contributed by atoms with Gasteiger partial charge in [0.25, 0.3) is 0 Å². The van der Waals surface area contributed by atoms with E-state index in [9.17, 15) is 0 Å². The molecule has 2 aliphatic rings. The number of fused-ring (bicyclic) bond motifs is 2. The Kier molecular flexibility index (Phi) is 2.21. The number of allylic oxidation sites excluding steroid dienone is 2. The summed E-state index contributed by atoms with van der Waals surface area (Å²) in [5.41, 5.74) is 2.82. The van der Waals surface area contributed by atoms with Crippen LogP contribution in [0.5, 0.6) is 0 Å². The summed E-state index contributed by atoms with van der Waals surface area (Å²) in [5, 5.41) is 12.5. The molecular weight excluding hydrogens is 186 g/mol. The van der Waals surface area contributed by atoms with Gasteiger partial charge >= 0.3 is 0 Å². The van der Waals surface area contributed by atoms with Gasteiger partial charge in [0.15, 0.2) is 0 Å². The standard InChI is InChI=1S/C13H21NO/c1-5-11(14-15)9-8-13(4)7-6-10(9)12(13,2)3/h8,10,15H,5-7H2,1-4H3/t10-,13+/m1/s1. The number of nitrogens with zero attached hydrogens (tertiary/aromatic N) is 1. The molecule has 0 spiro atoms. The Morgan fingerprint density at radius 3 is 2.53 bits per heavy atom. The molecule has 2 atom stereocenters. The maximum Gasteiger partial charge on any atom is 0.0824 e. The zero-order valence-electron chi connectivity index (χ0n) is 10.2. The van der Waals surface area contributed by atoms with Crippen molar-refractivity contribution in [2.45, 2.75) is 47.0 Å². The second-order valence-electron chi connectivity index (χ2n) is 5.73. The molecule has 0 aliphatic heterocycles. The van der Waals surface area contributed by atoms with Crippen LogP contribution in [0.2, 0.25) is 0 Å². The summed E-state index contributed by atoms with van der Waals surface area (Å²) in [6.07, 6.45) is 5.70. The molecule has 0 heterocycles. The lowest BCUT2D eigenvalue weighted by Crippen LogP contribution is -2.27. The van der Waals surface area contributed by atoms with Gasteiger partial charge in [-0.2, -0.15) is 0 Å². The molecule has 0 aromatic heterocycles. The van der Waals surface area contributed by atoms with E-state index in [1.54, 1.807) is 0 Å². The van der Waals surface area contributed by atoms with E-state index in [-0.39, 0.29) is 0 Å². The maximum absolute atomic E-state index is 9.02. The quantitative estimate of drug-likeness (QED) is 0.419. The highest BCUT2D eigenvalue weighted by Crippen LogP contribution is 2.64. The van der Waals surface area contributed by atoms with Crippen LogP contribution >= 0.6 is 0 Å². The summed E-state index contributed by atoms with van der Waals surface area (Å²) >= 11 is 0. The molecule has 1 fully saturated rings. The molecule has 0 aromatic rings. The zero-order chi connectivity index (χ0) is 11.3. The highest BCUT2D eigenvalue weighted by Gasteiger charge is 2.56. The zero-order valence-corrected chi connectivity index (χ0v) is 10.2. The highest BCUT2D eigenvalue weighted by molar-refractivity contribution is 6.01. The molecule has 1 N–H and O–H groups in total. The summed E-state index contributed by atoms with van der Waals surface area (Å²) < 4.78 is 0. The molecule has 0 aromatic carbocycles. The molecule has 0 unspecified atom stereocenters. The Bertz CT molecular complexity index is 340. The SMILES string of the molecule is CCC(=NO)C1=C[C@]2(C)CC[C@H]1C2(C)C. The fraction of sp³-hybridized carbons (Fsp3) is 0.769. The summed E-state index contributed by atoms with van der Waals surface area (Å²) in [6.45, 7) is 9.08. The van der Waals surface area contributed by atoms with Gasteiger partial charge in [-0.05, 0) is 41.6 Å². The van der Waals surface area contributed by atoms with E-state index in [4.69, 9.17) is 5.21 Å². The monoisotopic (exact) mass is 207 g/mol. The predicted molar refractivity (Wildman–Crippen MR) is 62.2 cm³/mol. The second-order valence-corrected chi connectivity index (χ2v) is 5.73. The second kappa shape index (κ2) is 3.10. The first kappa shape index (κ1) is 10.7. The van der Waals surface area contributed by atoms with Crippen LogP contribution in [0.1, 0.15) is 47.0 Å². The normalized spacial score (nSPS) is 38.3. The van der Waals surface area contributed by atoms with Crippen LogP contribution < -0.4 is 0 Å². The van der Waals surface area contributed by atoms with Gasteiger partial charge in [-0.3, -0.25) is 0 Å². The fourth-order valence-corrected chi connectivity index (χ4v) is 3.39. The lowest BCUT2D eigenvalue weighted by molar-refractivity contribution is 0.180. The van der Waals surface area contributed by atoms with E-state index in [1.165, 1.54) is 18.4 Å². The third-order valence-electron chi connectivity index (χ3n) is 4.93. The van der Waals surface area contributed by atoms with Crippen molar-refractivity contribution >= 4 is 5.71 Å². The Balaban J connectivity index is 2.41. The number of oxime groups is 1. The molecule has 84 valence electrons. The van der Waals surface area contributed by atoms with Crippen LogP contribution in [0.15, 0.2) is 16.8 Å². The van der Waals surface area contributed by atoms with E-state index >= 15 is 0 Å². The van der Waals surface area contributed by atoms with Crippen molar-refractivity contribution in [3.63, 3.8) is 0 Å². The maximum atomic E-state index is 9.02. The van der Waals surface area contributed by atoms with Gasteiger partial charge in [0.1, 0.15) is 0 Å². The molecule has 2 nitrogen and oxygen atoms in total. The van der Waals surface area contributed by atoms with E-state index in [0.29, 0.717) is 16.7 Å². The molecule has 2 rings (SSSR count). The first-order chi connectivity index (χ1) is 6.96. The molecule has 15 heavy (non-hydrogen) atoms. The fourth-order valence-electron chi connectivity index (χ4n) is 3.39. The summed E-state index contributed by atoms with van der Waals surface area (Å²) in [7, 11) is 0. The van der Waals surface area contributed by atoms with Crippen LogP contribution in [0.3, 0.4) is 0 Å². The predicted octanol–water partition coefficient (Wildman–Crippen LogP) is 3.61. The van der Waals surface area contributed by atoms with E-state index in [0.717, 1.165) is 12.1 Å². The Labute approximate surface area is 92.1 Å². The van der Waals surface area contributed by atoms with Gasteiger partial charge in [0, 0.05) is 0 Å². The average Bonchev–Trinajstić information content (AvgIpc) is 2.50. The molecule has 1 saturated carbocycles. The van der Waals surface area contributed by atoms with Gasteiger partial charge < -0.3 is 5.21 Å². The van der Waals surface area contributed by atoms with Crippen LogP contribution in [0, 0.1) is 16.7 Å². The van der Waals surface area contributed by atoms with Crippen molar-refractivity contribution < 1.29 is 5.21 Å². The molecule has 2 heteroatoms. The van der Waals surface area contributed by atoms with Crippen LogP contribution in [-0.2, 0) is 0 Å². The molecule has 2 bridgehead atoms. The van der Waals surface area contributed by atoms with Crippen molar-refractivity contribution in [2.24, 2.45) is 21.9 Å². The Morgan fingerprint density at radius 2 is 2.20 bits per heavy atom. The van der Waals surface area contributed by atoms with Gasteiger partial charge in [0.2, 0.25) is 0 Å². The van der Waals surface area contributed by atoms with Gasteiger partial charge in [-0.1, -0.05) is 38.9 Å². The summed E-state index contributed by atoms with van der Waals surface area (Å²) in [5.74, 6) is 0.591. The van der Waals surface area contributed by atoms with Crippen molar-refractivity contribution in [3.8, 4) is 0 Å². The number of hydrogen-bond acceptors (Lipinski definition) is 2. The first-order valence-electron chi connectivity index (χ1n) is 5.90. The summed E-state index contributed by atoms with van der Waals surface area (Å²) in [6, 6.07) is 0. The topological polar surface area (TPSA) is 32.6 Å².